The minimum absolute atomic E-state index is 0.0186. The van der Waals surface area contributed by atoms with Gasteiger partial charge in [-0.05, 0) is 303 Å². The molecule has 0 amide bonds. The summed E-state index contributed by atoms with van der Waals surface area (Å²) in [6.45, 7) is 9.39. The van der Waals surface area contributed by atoms with Gasteiger partial charge >= 0.3 is 23.9 Å². The van der Waals surface area contributed by atoms with E-state index in [2.05, 4.69) is 140 Å². The van der Waals surface area contributed by atoms with E-state index in [1.165, 1.54) is 175 Å². The molecule has 18 rings (SSSR count). The number of carboxylic acids is 1. The summed E-state index contributed by atoms with van der Waals surface area (Å²) in [7, 11) is 3.27. The number of halogens is 1. The number of phenols is 1. The van der Waals surface area contributed by atoms with Gasteiger partial charge in [0.05, 0.1) is 67.0 Å². The molecule has 8 aliphatic carbocycles. The molecule has 30 nitrogen and oxygen atoms in total. The molecule has 8 saturated carbocycles. The van der Waals surface area contributed by atoms with Crippen molar-refractivity contribution in [3.8, 4) is 58.0 Å². The Kier molecular flexibility index (Phi) is 44.0. The number of benzene rings is 6. The second-order valence-electron chi connectivity index (χ2n) is 40.0. The first-order chi connectivity index (χ1) is 71.0. The number of aromatic nitrogens is 12. The molecular formula is C114H153BrN12O18. The van der Waals surface area contributed by atoms with Gasteiger partial charge in [0.2, 0.25) is 34.5 Å². The zero-order valence-electron chi connectivity index (χ0n) is 85.7. The fourth-order valence-corrected chi connectivity index (χ4v) is 22.3. The molecule has 145 heavy (non-hydrogen) atoms. The van der Waals surface area contributed by atoms with Gasteiger partial charge in [0.1, 0.15) is 58.9 Å². The fraction of sp³-hybridized carbons (Fsp3) is 0.579. The monoisotopic (exact) mass is 2060 g/mol. The van der Waals surface area contributed by atoms with Crippen LogP contribution in [0, 0.1) is 23.7 Å². The van der Waals surface area contributed by atoms with Crippen LogP contribution in [0.2, 0.25) is 0 Å². The normalized spacial score (nSPS) is 20.5. The smallest absolute Gasteiger partial charge is 0.364 e. The summed E-state index contributed by atoms with van der Waals surface area (Å²) < 4.78 is 71.7. The molecule has 0 bridgehead atoms. The van der Waals surface area contributed by atoms with Gasteiger partial charge in [-0.25, -0.2) is 38.7 Å². The molecule has 0 spiro atoms. The maximum atomic E-state index is 12.6. The SMILES string of the molecule is BrCCC1CCCCC1.CCOC(=O)c1[nH]nnc1OC1CCC(c2ccc(OCCC3CCCCC3)cc2)CC1.CCOC(=O)c1nnn(Cc2ccc(OC)cc2)c1OC1CCC(c2ccc(O)cc2)CC1.CCOC(=O)c1nnn(Cc2ccc(OC)cc2)c1OC1CCC(c2ccc(OCCC3CCCCC3)cc2)CC1.O=C(O)c1[nH]nnc1OC1CCC(c2ccc(OCCC3CCCCC3)cc2)CC1. The first kappa shape index (κ1) is 109. The highest BCUT2D eigenvalue weighted by atomic mass is 79.9. The number of hydrogen-bond donors (Lipinski definition) is 4. The van der Waals surface area contributed by atoms with Crippen LogP contribution < -0.4 is 42.6 Å². The number of H-pyrrole nitrogens is 2. The number of aromatic carboxylic acids is 1. The van der Waals surface area contributed by atoms with E-state index in [1.54, 1.807) is 56.5 Å². The van der Waals surface area contributed by atoms with E-state index in [1.807, 2.05) is 60.7 Å². The fourth-order valence-electron chi connectivity index (χ4n) is 21.6. The number of esters is 3. The molecular weight excluding hydrogens is 1910 g/mol. The Morgan fingerprint density at radius 2 is 0.634 bits per heavy atom. The highest BCUT2D eigenvalue weighted by Crippen LogP contribution is 2.43. The molecule has 0 radical (unpaired) electrons. The lowest BCUT2D eigenvalue weighted by atomic mass is 9.83. The third-order valence-electron chi connectivity index (χ3n) is 30.1. The summed E-state index contributed by atoms with van der Waals surface area (Å²) in [5, 5.41) is 56.3. The number of aromatic hydroxyl groups is 1. The number of methoxy groups -OCH3 is 2. The molecule has 4 N–H and O–H groups in total. The number of nitrogens with one attached hydrogen (secondary N) is 2. The quantitative estimate of drug-likeness (QED) is 0.0158. The van der Waals surface area contributed by atoms with Gasteiger partial charge in [-0.15, -0.1) is 10.2 Å². The van der Waals surface area contributed by atoms with Gasteiger partial charge < -0.3 is 67.1 Å². The molecule has 10 aromatic rings. The first-order valence-electron chi connectivity index (χ1n) is 53.9. The molecule has 8 aliphatic rings. The van der Waals surface area contributed by atoms with Crippen LogP contribution in [-0.2, 0) is 27.3 Å². The van der Waals surface area contributed by atoms with Crippen molar-refractivity contribution in [1.82, 2.24) is 60.8 Å². The van der Waals surface area contributed by atoms with Crippen LogP contribution in [0.15, 0.2) is 146 Å². The topological polar surface area (TPSA) is 364 Å². The average Bonchev–Trinajstić information content (AvgIpc) is 1.67. The summed E-state index contributed by atoms with van der Waals surface area (Å²) >= 11 is 3.48. The van der Waals surface area contributed by atoms with Crippen molar-refractivity contribution in [3.63, 3.8) is 0 Å². The number of carboxylic acid groups (broad SMARTS) is 1. The molecule has 0 saturated heterocycles. The van der Waals surface area contributed by atoms with E-state index in [-0.39, 0.29) is 77.9 Å². The van der Waals surface area contributed by atoms with Gasteiger partial charge in [0.15, 0.2) is 0 Å². The van der Waals surface area contributed by atoms with Crippen LogP contribution in [0.5, 0.6) is 58.0 Å². The van der Waals surface area contributed by atoms with Crippen LogP contribution in [0.4, 0.5) is 0 Å². The molecule has 4 aromatic heterocycles. The number of hydrogen-bond acceptors (Lipinski definition) is 25. The largest absolute Gasteiger partial charge is 0.508 e. The Bertz CT molecular complexity index is 5410. The third kappa shape index (κ3) is 34.2. The molecule has 4 heterocycles. The molecule has 0 unspecified atom stereocenters. The number of aromatic amines is 2. The zero-order valence-corrected chi connectivity index (χ0v) is 87.3. The van der Waals surface area contributed by atoms with Crippen LogP contribution >= 0.6 is 15.9 Å². The van der Waals surface area contributed by atoms with Crippen LogP contribution in [-0.4, -0.2) is 179 Å². The van der Waals surface area contributed by atoms with Crippen LogP contribution in [0.25, 0.3) is 0 Å². The van der Waals surface area contributed by atoms with E-state index in [4.69, 9.17) is 61.9 Å². The lowest BCUT2D eigenvalue weighted by molar-refractivity contribution is 0.0496. The molecule has 0 atom stereocenters. The highest BCUT2D eigenvalue weighted by molar-refractivity contribution is 9.09. The van der Waals surface area contributed by atoms with Crippen molar-refractivity contribution in [2.24, 2.45) is 23.7 Å². The van der Waals surface area contributed by atoms with E-state index in [0.717, 1.165) is 193 Å². The Labute approximate surface area is 863 Å². The Hall–Kier alpha value is -11.8. The van der Waals surface area contributed by atoms with Gasteiger partial charge in [0, 0.05) is 5.33 Å². The number of rotatable bonds is 39. The summed E-state index contributed by atoms with van der Waals surface area (Å²) in [6.07, 6.45) is 48.1. The molecule has 0 aliphatic heterocycles. The lowest BCUT2D eigenvalue weighted by Crippen LogP contribution is -2.25. The lowest BCUT2D eigenvalue weighted by Gasteiger charge is -2.29. The van der Waals surface area contributed by atoms with Gasteiger partial charge in [-0.1, -0.05) is 248 Å². The second kappa shape index (κ2) is 58.5. The molecule has 6 aromatic carbocycles. The number of ether oxygens (including phenoxy) is 12. The van der Waals surface area contributed by atoms with Crippen molar-refractivity contribution in [2.75, 3.05) is 59.2 Å². The Balaban J connectivity index is 0.000000149. The predicted octanol–water partition coefficient (Wildman–Crippen LogP) is 25.0. The maximum absolute atomic E-state index is 12.6. The van der Waals surface area contributed by atoms with E-state index in [0.29, 0.717) is 55.1 Å². The number of nitrogens with zero attached hydrogens (tertiary/aromatic N) is 10. The first-order valence-corrected chi connectivity index (χ1v) is 55.1. The van der Waals surface area contributed by atoms with Gasteiger partial charge in [0.25, 0.3) is 11.8 Å². The maximum Gasteiger partial charge on any atom is 0.364 e. The summed E-state index contributed by atoms with van der Waals surface area (Å²) in [5.74, 6) is 8.64. The van der Waals surface area contributed by atoms with Crippen molar-refractivity contribution in [2.45, 2.75) is 339 Å². The predicted molar refractivity (Wildman–Crippen MR) is 557 cm³/mol. The van der Waals surface area contributed by atoms with E-state index >= 15 is 0 Å². The minimum Gasteiger partial charge on any atom is -0.508 e. The number of carbonyl (C=O) groups is 4. The van der Waals surface area contributed by atoms with E-state index in [9.17, 15) is 24.3 Å². The number of phenolic OH excluding ortho intramolecular Hbond substituents is 1. The molecule has 31 heteroatoms. The highest BCUT2D eigenvalue weighted by Gasteiger charge is 2.35. The van der Waals surface area contributed by atoms with Crippen LogP contribution in [0.3, 0.4) is 0 Å². The Morgan fingerprint density at radius 3 is 0.945 bits per heavy atom. The van der Waals surface area contributed by atoms with Crippen molar-refractivity contribution < 1.29 is 86.2 Å². The summed E-state index contributed by atoms with van der Waals surface area (Å²) in [4.78, 5) is 48.2. The van der Waals surface area contributed by atoms with Crippen LogP contribution in [0.1, 0.15) is 377 Å². The minimum atomic E-state index is -1.11. The average molecular weight is 2060 g/mol. The zero-order chi connectivity index (χ0) is 101. The number of alkyl halides is 1. The van der Waals surface area contributed by atoms with Crippen molar-refractivity contribution in [3.05, 3.63) is 202 Å². The second-order valence-corrected chi connectivity index (χ2v) is 40.8. The molecule has 784 valence electrons. The van der Waals surface area contributed by atoms with Gasteiger partial charge in [-0.3, -0.25) is 0 Å². The van der Waals surface area contributed by atoms with E-state index < -0.39 is 23.9 Å². The number of carbonyl (C=O) groups excluding carboxylic acids is 3. The summed E-state index contributed by atoms with van der Waals surface area (Å²) in [6, 6.07) is 48.6. The molecule has 8 fully saturated rings. The Morgan fingerprint density at radius 1 is 0.345 bits per heavy atom. The van der Waals surface area contributed by atoms with Gasteiger partial charge in [-0.2, -0.15) is 0 Å². The third-order valence-corrected chi connectivity index (χ3v) is 30.5. The van der Waals surface area contributed by atoms with Crippen molar-refractivity contribution in [1.29, 1.82) is 0 Å². The summed E-state index contributed by atoms with van der Waals surface area (Å²) in [5.41, 5.74) is 7.58. The standard InChI is InChI=1S/C33H43N3O5.C25H29N3O5.C25H35N3O4.C23H31N3O4.C8H15Br/c1-3-39-33(37)31-32(36(35-34-31)23-25-9-15-28(38-2)16-10-25)41-30-19-13-27(14-20-30)26-11-17-29(18-12-26)40-22-21-24-7-5-4-6-8-24;1-3-32-25(30)23-24(28(27-26-23)16-17-4-12-21(31-2)13-5-17)33-22-14-8-19(9-15-22)18-6-10-20(29)11-7-18;1-2-30-25(29)23-24(27-28-26-23)32-22-14-10-20(11-15-22)19-8-12-21(13-9-19)31-17-16-18-6-4-3-5-7-18;27-23(28)21-22(25-26-24-21)30-20-12-8-18(9-13-20)17-6-10-19(11-7-17)29-15-14-16-4-2-1-3-5-16;9-7-6-8-4-2-1-3-5-8/h9-12,15-18,24,27,30H,3-8,13-14,19-23H2,1-2H3;4-7,10-13,19,22,29H,3,8-9,14-16H2,1-2H3;8-9,12-13,18,20,22H,2-7,10-11,14-17H2,1H3,(H,26,27,28);6-7,10-11,16,18,20H,1-5,8-9,12-15H2,(H,27,28)(H,24,25,26);8H,1-7H2. The van der Waals surface area contributed by atoms with Crippen molar-refractivity contribution >= 4 is 39.8 Å².